The number of aromatic nitrogens is 2. The Bertz CT molecular complexity index is 1290. The minimum Gasteiger partial charge on any atom is -0.434 e. The first-order valence-corrected chi connectivity index (χ1v) is 10.3. The zero-order valence-electron chi connectivity index (χ0n) is 16.1. The number of thioether (sulfide) groups is 1. The molecule has 8 heteroatoms. The van der Waals surface area contributed by atoms with Gasteiger partial charge in [-0.15, -0.1) is 0 Å². The SMILES string of the molecule is O=C(CSc1nc2ccccc2c(=O)n1-c1ccccc1)c1ccccc1OC(F)F. The van der Waals surface area contributed by atoms with Crippen LogP contribution in [0.2, 0.25) is 0 Å². The normalized spacial score (nSPS) is 11.1. The van der Waals surface area contributed by atoms with Gasteiger partial charge in [0.2, 0.25) is 0 Å². The Kier molecular flexibility index (Phi) is 6.08. The number of hydrogen-bond acceptors (Lipinski definition) is 5. The van der Waals surface area contributed by atoms with E-state index in [1.54, 1.807) is 54.6 Å². The lowest BCUT2D eigenvalue weighted by Crippen LogP contribution is -2.22. The van der Waals surface area contributed by atoms with Gasteiger partial charge in [0.1, 0.15) is 5.75 Å². The first kappa shape index (κ1) is 20.7. The number of hydrogen-bond donors (Lipinski definition) is 0. The molecule has 0 saturated carbocycles. The van der Waals surface area contributed by atoms with Gasteiger partial charge in [-0.05, 0) is 36.4 Å². The van der Waals surface area contributed by atoms with E-state index in [9.17, 15) is 18.4 Å². The van der Waals surface area contributed by atoms with E-state index in [2.05, 4.69) is 9.72 Å². The Labute approximate surface area is 180 Å². The molecule has 4 rings (SSSR count). The maximum Gasteiger partial charge on any atom is 0.387 e. The second kappa shape index (κ2) is 9.09. The van der Waals surface area contributed by atoms with Gasteiger partial charge in [-0.3, -0.25) is 14.2 Å². The third-order valence-corrected chi connectivity index (χ3v) is 5.43. The van der Waals surface area contributed by atoms with Gasteiger partial charge in [-0.1, -0.05) is 54.2 Å². The van der Waals surface area contributed by atoms with Gasteiger partial charge in [0, 0.05) is 0 Å². The van der Waals surface area contributed by atoms with Gasteiger partial charge in [-0.2, -0.15) is 8.78 Å². The molecule has 0 radical (unpaired) electrons. The Balaban J connectivity index is 1.71. The maximum absolute atomic E-state index is 13.2. The van der Waals surface area contributed by atoms with Gasteiger partial charge >= 0.3 is 6.61 Å². The number of Topliss-reactive ketones (excluding diaryl/α,β-unsaturated/α-hetero) is 1. The number of halogens is 2. The zero-order valence-corrected chi connectivity index (χ0v) is 16.9. The van der Waals surface area contributed by atoms with Crippen molar-refractivity contribution in [1.82, 2.24) is 9.55 Å². The highest BCUT2D eigenvalue weighted by Crippen LogP contribution is 2.25. The van der Waals surface area contributed by atoms with Crippen LogP contribution in [0.4, 0.5) is 8.78 Å². The molecule has 31 heavy (non-hydrogen) atoms. The summed E-state index contributed by atoms with van der Waals surface area (Å²) in [6.07, 6.45) is 0. The van der Waals surface area contributed by atoms with Crippen LogP contribution in [0.1, 0.15) is 10.4 Å². The summed E-state index contributed by atoms with van der Waals surface area (Å²) in [5, 5.41) is 0.785. The Morgan fingerprint density at radius 2 is 1.65 bits per heavy atom. The molecule has 0 amide bonds. The molecule has 0 atom stereocenters. The van der Waals surface area contributed by atoms with Crippen molar-refractivity contribution in [2.45, 2.75) is 11.8 Å². The summed E-state index contributed by atoms with van der Waals surface area (Å²) in [7, 11) is 0. The Morgan fingerprint density at radius 3 is 2.42 bits per heavy atom. The minimum atomic E-state index is -3.04. The number of carbonyl (C=O) groups excluding carboxylic acids is 1. The lowest BCUT2D eigenvalue weighted by atomic mass is 10.1. The van der Waals surface area contributed by atoms with Crippen molar-refractivity contribution in [3.05, 3.63) is 94.8 Å². The molecular weight excluding hydrogens is 422 g/mol. The summed E-state index contributed by atoms with van der Waals surface area (Å²) in [6, 6.07) is 21.8. The molecule has 0 spiro atoms. The molecule has 0 aliphatic rings. The third kappa shape index (κ3) is 4.49. The first-order chi connectivity index (χ1) is 15.0. The van der Waals surface area contributed by atoms with Gasteiger partial charge in [-0.25, -0.2) is 4.98 Å². The molecule has 0 fully saturated rings. The average molecular weight is 438 g/mol. The zero-order chi connectivity index (χ0) is 21.8. The highest BCUT2D eigenvalue weighted by atomic mass is 32.2. The van der Waals surface area contributed by atoms with E-state index in [1.807, 2.05) is 6.07 Å². The highest BCUT2D eigenvalue weighted by Gasteiger charge is 2.18. The van der Waals surface area contributed by atoms with Crippen molar-refractivity contribution >= 4 is 28.4 Å². The number of alkyl halides is 2. The van der Waals surface area contributed by atoms with Crippen LogP contribution in [-0.4, -0.2) is 27.7 Å². The predicted octanol–water partition coefficient (Wildman–Crippen LogP) is 4.96. The minimum absolute atomic E-state index is 0.0460. The Hall–Kier alpha value is -3.52. The number of para-hydroxylation sites is 3. The highest BCUT2D eigenvalue weighted by molar-refractivity contribution is 7.99. The van der Waals surface area contributed by atoms with E-state index in [0.717, 1.165) is 11.8 Å². The second-order valence-corrected chi connectivity index (χ2v) is 7.42. The van der Waals surface area contributed by atoms with Crippen molar-refractivity contribution in [1.29, 1.82) is 0 Å². The predicted molar refractivity (Wildman–Crippen MR) is 115 cm³/mol. The summed E-state index contributed by atoms with van der Waals surface area (Å²) in [5.74, 6) is -0.709. The van der Waals surface area contributed by atoms with E-state index in [4.69, 9.17) is 0 Å². The van der Waals surface area contributed by atoms with E-state index in [1.165, 1.54) is 22.8 Å². The van der Waals surface area contributed by atoms with Crippen molar-refractivity contribution in [3.8, 4) is 11.4 Å². The fraction of sp³-hybridized carbons (Fsp3) is 0.0870. The molecular formula is C23H16F2N2O3S. The molecule has 0 aliphatic heterocycles. The summed E-state index contributed by atoms with van der Waals surface area (Å²) in [6.45, 7) is -3.04. The standard InChI is InChI=1S/C23H16F2N2O3S/c24-22(25)30-20-13-7-5-11-17(20)19(28)14-31-23-26-18-12-6-4-10-16(18)21(29)27(23)15-8-2-1-3-9-15/h1-13,22H,14H2. The lowest BCUT2D eigenvalue weighted by molar-refractivity contribution is -0.0501. The number of ether oxygens (including phenoxy) is 1. The number of ketones is 1. The second-order valence-electron chi connectivity index (χ2n) is 6.47. The fourth-order valence-corrected chi connectivity index (χ4v) is 4.01. The summed E-state index contributed by atoms with van der Waals surface area (Å²) in [5.41, 5.74) is 0.913. The Morgan fingerprint density at radius 1 is 0.968 bits per heavy atom. The molecule has 0 bridgehead atoms. The fourth-order valence-electron chi connectivity index (χ4n) is 3.12. The topological polar surface area (TPSA) is 61.2 Å². The molecule has 5 nitrogen and oxygen atoms in total. The van der Waals surface area contributed by atoms with E-state index >= 15 is 0 Å². The monoisotopic (exact) mass is 438 g/mol. The third-order valence-electron chi connectivity index (χ3n) is 4.50. The summed E-state index contributed by atoms with van der Waals surface area (Å²) < 4.78 is 31.2. The maximum atomic E-state index is 13.2. The lowest BCUT2D eigenvalue weighted by Gasteiger charge is -2.13. The molecule has 4 aromatic rings. The van der Waals surface area contributed by atoms with Gasteiger partial charge in [0.15, 0.2) is 10.9 Å². The molecule has 156 valence electrons. The molecule has 1 heterocycles. The van der Waals surface area contributed by atoms with E-state index < -0.39 is 12.4 Å². The molecule has 0 unspecified atom stereocenters. The van der Waals surface area contributed by atoms with Gasteiger partial charge < -0.3 is 4.74 Å². The van der Waals surface area contributed by atoms with Crippen LogP contribution in [-0.2, 0) is 0 Å². The van der Waals surface area contributed by atoms with Crippen LogP contribution in [0.5, 0.6) is 5.75 Å². The quantitative estimate of drug-likeness (QED) is 0.232. The van der Waals surface area contributed by atoms with Gasteiger partial charge in [0.25, 0.3) is 5.56 Å². The van der Waals surface area contributed by atoms with Crippen LogP contribution in [0.3, 0.4) is 0 Å². The van der Waals surface area contributed by atoms with Crippen molar-refractivity contribution < 1.29 is 18.3 Å². The van der Waals surface area contributed by atoms with Crippen molar-refractivity contribution in [2.75, 3.05) is 5.75 Å². The number of rotatable bonds is 7. The molecule has 3 aromatic carbocycles. The molecule has 0 N–H and O–H groups in total. The van der Waals surface area contributed by atoms with Gasteiger partial charge in [0.05, 0.1) is 27.9 Å². The smallest absolute Gasteiger partial charge is 0.387 e. The van der Waals surface area contributed by atoms with Crippen LogP contribution < -0.4 is 10.3 Å². The number of carbonyl (C=O) groups is 1. The van der Waals surface area contributed by atoms with Crippen molar-refractivity contribution in [3.63, 3.8) is 0 Å². The van der Waals surface area contributed by atoms with Crippen LogP contribution in [0, 0.1) is 0 Å². The summed E-state index contributed by atoms with van der Waals surface area (Å²) >= 11 is 1.06. The number of nitrogens with zero attached hydrogens (tertiary/aromatic N) is 2. The largest absolute Gasteiger partial charge is 0.434 e. The molecule has 0 aliphatic carbocycles. The molecule has 1 aromatic heterocycles. The number of benzene rings is 3. The van der Waals surface area contributed by atoms with Crippen LogP contribution in [0.15, 0.2) is 88.8 Å². The summed E-state index contributed by atoms with van der Waals surface area (Å²) in [4.78, 5) is 30.5. The average Bonchev–Trinajstić information content (AvgIpc) is 2.78. The number of fused-ring (bicyclic) bond motifs is 1. The van der Waals surface area contributed by atoms with E-state index in [-0.39, 0.29) is 22.6 Å². The van der Waals surface area contributed by atoms with Crippen LogP contribution >= 0.6 is 11.8 Å². The van der Waals surface area contributed by atoms with Crippen LogP contribution in [0.25, 0.3) is 16.6 Å². The molecule has 0 saturated heterocycles. The van der Waals surface area contributed by atoms with E-state index in [0.29, 0.717) is 21.7 Å². The van der Waals surface area contributed by atoms with Crippen molar-refractivity contribution in [2.24, 2.45) is 0 Å². The first-order valence-electron chi connectivity index (χ1n) is 9.31.